The summed E-state index contributed by atoms with van der Waals surface area (Å²) in [7, 11) is -7.29. The van der Waals surface area contributed by atoms with Gasteiger partial charge in [0.2, 0.25) is 0 Å². The number of azo groups is 4. The van der Waals surface area contributed by atoms with Gasteiger partial charge >= 0.3 is 0 Å². The number of carbonyl (C=O) groups is 1. The van der Waals surface area contributed by atoms with Gasteiger partial charge in [0.05, 0.1) is 58.4 Å². The Morgan fingerprint density at radius 3 is 1.36 bits per heavy atom. The Morgan fingerprint density at radius 1 is 0.485 bits per heavy atom. The molecule has 17 nitrogen and oxygen atoms in total. The van der Waals surface area contributed by atoms with Crippen molar-refractivity contribution in [3.05, 3.63) is 147 Å². The summed E-state index contributed by atoms with van der Waals surface area (Å²) in [5, 5.41) is 45.0. The molecule has 0 bridgehead atoms. The van der Waals surface area contributed by atoms with Crippen molar-refractivity contribution in [1.29, 1.82) is 0 Å². The van der Waals surface area contributed by atoms with Gasteiger partial charge in [-0.2, -0.15) is 52.6 Å². The van der Waals surface area contributed by atoms with Crippen LogP contribution in [-0.4, -0.2) is 43.9 Å². The quantitative estimate of drug-likeness (QED) is 0.0615. The van der Waals surface area contributed by atoms with Crippen molar-refractivity contribution in [3.8, 4) is 5.75 Å². The fourth-order valence-electron chi connectivity index (χ4n) is 6.76. The monoisotopic (exact) mass is 930 g/mol. The summed E-state index contributed by atoms with van der Waals surface area (Å²) in [4.78, 5) is 13.0. The standard InChI is InChI=1S/C47H46N8O9S2/c1-27-16-33(35(26-56)24-44(27)54-52-42-19-29(3)40(18-30(42)4)50-48-36-12-14-38(15-13-36)65(58,59)60)22-37(57)23-34-17-28(2)45(25-46(34)64-7)55-53-43-21-31(5)41(20-32(43)6)51-49-39-10-8-9-11-47(39)66(61,62)63/h8-21,24-25,56H,22-23,26H2,1-7H3,(H,58,59,60)(H,61,62,63). The van der Waals surface area contributed by atoms with Crippen molar-refractivity contribution in [2.75, 3.05) is 7.11 Å². The largest absolute Gasteiger partial charge is 0.496 e. The smallest absolute Gasteiger partial charge is 0.296 e. The van der Waals surface area contributed by atoms with E-state index in [-0.39, 0.29) is 40.7 Å². The number of rotatable bonds is 16. The fourth-order valence-corrected chi connectivity index (χ4v) is 7.86. The number of Topliss-reactive ketones (excluding diaryl/α,β-unsaturated/α-hetero) is 1. The van der Waals surface area contributed by atoms with Gasteiger partial charge in [-0.3, -0.25) is 13.9 Å². The molecule has 0 saturated heterocycles. The zero-order chi connectivity index (χ0) is 47.9. The molecular formula is C47H46N8O9S2. The van der Waals surface area contributed by atoms with E-state index < -0.39 is 20.2 Å². The van der Waals surface area contributed by atoms with Crippen LogP contribution in [0.5, 0.6) is 5.75 Å². The van der Waals surface area contributed by atoms with Gasteiger partial charge in [-0.15, -0.1) is 5.11 Å². The van der Waals surface area contributed by atoms with Gasteiger partial charge in [0.25, 0.3) is 20.2 Å². The lowest BCUT2D eigenvalue weighted by molar-refractivity contribution is -0.117. The minimum Gasteiger partial charge on any atom is -0.496 e. The van der Waals surface area contributed by atoms with Crippen molar-refractivity contribution in [2.45, 2.75) is 70.8 Å². The lowest BCUT2D eigenvalue weighted by Gasteiger charge is -2.13. The van der Waals surface area contributed by atoms with Gasteiger partial charge in [-0.25, -0.2) is 0 Å². The van der Waals surface area contributed by atoms with Crippen molar-refractivity contribution in [1.82, 2.24) is 0 Å². The van der Waals surface area contributed by atoms with E-state index >= 15 is 0 Å². The maximum absolute atomic E-state index is 13.6. The van der Waals surface area contributed by atoms with E-state index in [1.54, 1.807) is 43.3 Å². The van der Waals surface area contributed by atoms with Crippen LogP contribution >= 0.6 is 0 Å². The Morgan fingerprint density at radius 2 is 0.894 bits per heavy atom. The highest BCUT2D eigenvalue weighted by Crippen LogP contribution is 2.36. The lowest BCUT2D eigenvalue weighted by atomic mass is 9.95. The van der Waals surface area contributed by atoms with Crippen LogP contribution in [-0.2, 0) is 44.5 Å². The molecule has 0 radical (unpaired) electrons. The van der Waals surface area contributed by atoms with E-state index in [1.165, 1.54) is 49.6 Å². The van der Waals surface area contributed by atoms with Crippen LogP contribution in [0.2, 0.25) is 0 Å². The van der Waals surface area contributed by atoms with Crippen LogP contribution in [0.3, 0.4) is 0 Å². The number of ether oxygens (including phenoxy) is 1. The Kier molecular flexibility index (Phi) is 15.0. The third-order valence-electron chi connectivity index (χ3n) is 10.4. The molecule has 3 N–H and O–H groups in total. The molecule has 0 heterocycles. The van der Waals surface area contributed by atoms with Gasteiger partial charge < -0.3 is 9.84 Å². The first-order valence-electron chi connectivity index (χ1n) is 20.2. The first kappa shape index (κ1) is 48.4. The third kappa shape index (κ3) is 12.0. The van der Waals surface area contributed by atoms with Crippen LogP contribution in [0.25, 0.3) is 0 Å². The molecule has 6 rings (SSSR count). The predicted molar refractivity (Wildman–Crippen MR) is 248 cm³/mol. The number of nitrogens with zero attached hydrogens (tertiary/aromatic N) is 8. The van der Waals surface area contributed by atoms with Crippen LogP contribution in [0.1, 0.15) is 50.1 Å². The number of methoxy groups -OCH3 is 1. The zero-order valence-corrected chi connectivity index (χ0v) is 38.7. The van der Waals surface area contributed by atoms with Gasteiger partial charge in [0, 0.05) is 24.5 Å². The molecule has 0 fully saturated rings. The number of aryl methyl sites for hydroxylation is 6. The molecule has 340 valence electrons. The minimum absolute atomic E-state index is 0.000761. The molecule has 0 spiro atoms. The molecular weight excluding hydrogens is 885 g/mol. The predicted octanol–water partition coefficient (Wildman–Crippen LogP) is 12.5. The van der Waals surface area contributed by atoms with Crippen molar-refractivity contribution in [3.63, 3.8) is 0 Å². The molecule has 6 aromatic rings. The zero-order valence-electron chi connectivity index (χ0n) is 37.0. The summed E-state index contributed by atoms with van der Waals surface area (Å²) < 4.78 is 70.6. The average molecular weight is 931 g/mol. The van der Waals surface area contributed by atoms with Crippen LogP contribution < -0.4 is 4.74 Å². The Bertz CT molecular complexity index is 3210. The van der Waals surface area contributed by atoms with E-state index in [9.17, 15) is 35.8 Å². The molecule has 0 unspecified atom stereocenters. The van der Waals surface area contributed by atoms with Gasteiger partial charge in [-0.1, -0.05) is 18.2 Å². The van der Waals surface area contributed by atoms with Crippen molar-refractivity contribution in [2.24, 2.45) is 40.9 Å². The third-order valence-corrected chi connectivity index (χ3v) is 12.2. The topological polar surface area (TPSA) is 254 Å². The first-order chi connectivity index (χ1) is 31.2. The highest BCUT2D eigenvalue weighted by Gasteiger charge is 2.18. The molecule has 0 aromatic heterocycles. The second kappa shape index (κ2) is 20.4. The molecule has 0 aliphatic heterocycles. The average Bonchev–Trinajstić information content (AvgIpc) is 3.26. The summed E-state index contributed by atoms with van der Waals surface area (Å²) in [5.74, 6) is 0.356. The number of aliphatic hydroxyl groups is 1. The molecule has 6 aromatic carbocycles. The Balaban J connectivity index is 1.12. The van der Waals surface area contributed by atoms with Gasteiger partial charge in [0.15, 0.2) is 0 Å². The summed E-state index contributed by atoms with van der Waals surface area (Å²) in [5.41, 5.74) is 10.0. The Labute approximate surface area is 382 Å². The van der Waals surface area contributed by atoms with Crippen LogP contribution in [0, 0.1) is 41.5 Å². The molecule has 0 saturated carbocycles. The van der Waals surface area contributed by atoms with Gasteiger partial charge in [-0.05, 0) is 159 Å². The molecule has 0 aliphatic carbocycles. The Hall–Kier alpha value is -7.03. The number of hydrogen-bond donors (Lipinski definition) is 3. The lowest BCUT2D eigenvalue weighted by Crippen LogP contribution is -2.10. The normalized spacial score (nSPS) is 12.3. The first-order valence-corrected chi connectivity index (χ1v) is 23.1. The minimum atomic E-state index is -4.49. The molecule has 0 atom stereocenters. The van der Waals surface area contributed by atoms with Crippen molar-refractivity contribution >= 4 is 71.5 Å². The molecule has 0 amide bonds. The highest BCUT2D eigenvalue weighted by atomic mass is 32.2. The number of carbonyl (C=O) groups excluding carboxylic acids is 1. The number of ketones is 1. The van der Waals surface area contributed by atoms with E-state index in [0.717, 1.165) is 27.8 Å². The molecule has 0 aliphatic rings. The SMILES string of the molecule is COc1cc(N=Nc2cc(C)c(N=Nc3ccccc3S(=O)(=O)O)cc2C)c(C)cc1CC(=O)Cc1cc(C)c(N=Nc2cc(C)c(N=Nc3ccc(S(=O)(=O)O)cc3)cc2C)cc1CO. The number of benzene rings is 6. The summed E-state index contributed by atoms with van der Waals surface area (Å²) in [6, 6.07) is 25.3. The molecule has 19 heteroatoms. The van der Waals surface area contributed by atoms with E-state index in [2.05, 4.69) is 40.9 Å². The maximum Gasteiger partial charge on any atom is 0.296 e. The fraction of sp³-hybridized carbons (Fsp3) is 0.213. The van der Waals surface area contributed by atoms with E-state index in [1.807, 2.05) is 52.8 Å². The highest BCUT2D eigenvalue weighted by molar-refractivity contribution is 7.86. The number of aliphatic hydroxyl groups excluding tert-OH is 1. The van der Waals surface area contributed by atoms with E-state index in [4.69, 9.17) is 4.74 Å². The second-order valence-corrected chi connectivity index (χ2v) is 18.3. The van der Waals surface area contributed by atoms with Gasteiger partial charge in [0.1, 0.15) is 22.1 Å². The van der Waals surface area contributed by atoms with Crippen LogP contribution in [0.4, 0.5) is 45.5 Å². The number of hydrogen-bond acceptors (Lipinski definition) is 15. The summed E-state index contributed by atoms with van der Waals surface area (Å²) in [6.07, 6.45) is 0.113. The van der Waals surface area contributed by atoms with Crippen molar-refractivity contribution < 1.29 is 40.6 Å². The second-order valence-electron chi connectivity index (χ2n) is 15.5. The van der Waals surface area contributed by atoms with Crippen LogP contribution in [0.15, 0.2) is 148 Å². The molecule has 66 heavy (non-hydrogen) atoms. The maximum atomic E-state index is 13.6. The summed E-state index contributed by atoms with van der Waals surface area (Å²) >= 11 is 0. The van der Waals surface area contributed by atoms with E-state index in [0.29, 0.717) is 67.8 Å². The summed E-state index contributed by atoms with van der Waals surface area (Å²) in [6.45, 7) is 10.7.